The van der Waals surface area contributed by atoms with Crippen LogP contribution in [0.3, 0.4) is 0 Å². The van der Waals surface area contributed by atoms with Crippen LogP contribution in [0.4, 0.5) is 15.9 Å². The zero-order valence-electron chi connectivity index (χ0n) is 20.7. The van der Waals surface area contributed by atoms with Crippen LogP contribution in [0.25, 0.3) is 5.69 Å². The van der Waals surface area contributed by atoms with Gasteiger partial charge in [-0.25, -0.2) is 13.9 Å². The molecule has 192 valence electrons. The van der Waals surface area contributed by atoms with Crippen molar-refractivity contribution >= 4 is 17.4 Å². The zero-order valence-corrected chi connectivity index (χ0v) is 20.7. The minimum absolute atomic E-state index is 0.0705. The lowest BCUT2D eigenvalue weighted by molar-refractivity contribution is 0.0977. The van der Waals surface area contributed by atoms with Crippen LogP contribution in [-0.4, -0.2) is 45.5 Å². The largest absolute Gasteiger partial charge is 0.385 e. The highest BCUT2D eigenvalue weighted by molar-refractivity contribution is 6.07. The topological polar surface area (TPSA) is 128 Å². The van der Waals surface area contributed by atoms with Gasteiger partial charge in [0.05, 0.1) is 0 Å². The number of methoxy groups -OCH3 is 1. The Morgan fingerprint density at radius 2 is 2.03 bits per heavy atom. The van der Waals surface area contributed by atoms with Crippen LogP contribution in [0.1, 0.15) is 48.4 Å². The molecule has 0 aliphatic heterocycles. The Balaban J connectivity index is 1.85. The van der Waals surface area contributed by atoms with Crippen LogP contribution >= 0.6 is 0 Å². The molecular weight excluding hydrogens is 467 g/mol. The molecule has 1 aliphatic carbocycles. The second-order valence-electron chi connectivity index (χ2n) is 9.29. The van der Waals surface area contributed by atoms with Crippen molar-refractivity contribution in [2.45, 2.75) is 46.1 Å². The van der Waals surface area contributed by atoms with Gasteiger partial charge in [-0.3, -0.25) is 24.0 Å². The number of nitrogen functional groups attached to an aromatic ring is 1. The first-order valence-electron chi connectivity index (χ1n) is 12.0. The minimum atomic E-state index is -0.756. The number of H-pyrrole nitrogens is 1. The van der Waals surface area contributed by atoms with E-state index in [9.17, 15) is 18.8 Å². The van der Waals surface area contributed by atoms with Crippen molar-refractivity contribution in [2.75, 3.05) is 30.9 Å². The summed E-state index contributed by atoms with van der Waals surface area (Å²) in [5.74, 6) is -1.01. The Hall–Kier alpha value is -3.73. The van der Waals surface area contributed by atoms with Crippen LogP contribution < -0.4 is 21.9 Å². The number of hydrogen-bond acceptors (Lipinski definition) is 6. The van der Waals surface area contributed by atoms with Crippen molar-refractivity contribution in [1.29, 1.82) is 0 Å². The number of amides is 1. The number of fused-ring (bicyclic) bond motifs is 1. The van der Waals surface area contributed by atoms with Gasteiger partial charge in [0, 0.05) is 38.1 Å². The molecule has 1 amide bonds. The molecule has 1 aliphatic rings. The third-order valence-corrected chi connectivity index (χ3v) is 6.22. The Morgan fingerprint density at radius 3 is 2.72 bits per heavy atom. The third kappa shape index (κ3) is 4.70. The Labute approximate surface area is 207 Å². The predicted molar refractivity (Wildman–Crippen MR) is 134 cm³/mol. The fourth-order valence-corrected chi connectivity index (χ4v) is 4.63. The number of anilines is 2. The summed E-state index contributed by atoms with van der Waals surface area (Å²) in [5.41, 5.74) is 6.72. The van der Waals surface area contributed by atoms with Gasteiger partial charge in [0.15, 0.2) is 11.4 Å². The number of carbonyl (C=O) groups excluding carboxylic acids is 1. The quantitative estimate of drug-likeness (QED) is 0.436. The molecule has 0 bridgehead atoms. The minimum Gasteiger partial charge on any atom is -0.385 e. The van der Waals surface area contributed by atoms with E-state index in [4.69, 9.17) is 10.5 Å². The number of carbonyl (C=O) groups is 1. The van der Waals surface area contributed by atoms with Crippen LogP contribution in [0.2, 0.25) is 0 Å². The summed E-state index contributed by atoms with van der Waals surface area (Å²) in [6.45, 7) is 4.55. The number of hydrogen-bond donors (Lipinski definition) is 2. The van der Waals surface area contributed by atoms with Crippen molar-refractivity contribution in [1.82, 2.24) is 19.3 Å². The molecular formula is C25H31FN6O4. The first-order valence-corrected chi connectivity index (χ1v) is 12.0. The van der Waals surface area contributed by atoms with E-state index in [1.54, 1.807) is 25.3 Å². The molecule has 0 fully saturated rings. The molecule has 0 saturated carbocycles. The Bertz CT molecular complexity index is 1390. The molecule has 11 heteroatoms. The molecule has 2 heterocycles. The fourth-order valence-electron chi connectivity index (χ4n) is 4.63. The average Bonchev–Trinajstić information content (AvgIpc) is 3.44. The second kappa shape index (κ2) is 10.5. The number of aromatic nitrogens is 4. The highest BCUT2D eigenvalue weighted by Gasteiger charge is 2.33. The van der Waals surface area contributed by atoms with Crippen LogP contribution in [0.15, 0.2) is 33.9 Å². The fraction of sp³-hybridized carbons (Fsp3) is 0.440. The molecule has 0 radical (unpaired) electrons. The van der Waals surface area contributed by atoms with Gasteiger partial charge in [-0.2, -0.15) is 5.10 Å². The lowest BCUT2D eigenvalue weighted by atomic mass is 10.1. The molecule has 0 saturated heterocycles. The molecule has 4 rings (SSSR count). The molecule has 3 N–H and O–H groups in total. The molecule has 2 aromatic heterocycles. The summed E-state index contributed by atoms with van der Waals surface area (Å²) in [6, 6.07) is 6.25. The molecule has 0 spiro atoms. The average molecular weight is 499 g/mol. The maximum atomic E-state index is 14.6. The summed E-state index contributed by atoms with van der Waals surface area (Å²) in [5, 5.41) is 4.52. The standard InChI is InChI=1S/C25H31FN6O4/c1-15(2)14-31-22(27)21(23(33)28-25(31)35)30(12-7-13-36-3)24(34)20-16-8-6-11-18(16)32(29-20)19-10-5-4-9-17(19)26/h4-5,9-10,15H,6-8,11-14,27H2,1-3H3,(H,28,33,35). The van der Waals surface area contributed by atoms with Gasteiger partial charge in [-0.05, 0) is 43.7 Å². The molecule has 36 heavy (non-hydrogen) atoms. The zero-order chi connectivity index (χ0) is 26.0. The molecule has 0 unspecified atom stereocenters. The summed E-state index contributed by atoms with van der Waals surface area (Å²) in [4.78, 5) is 43.0. The summed E-state index contributed by atoms with van der Waals surface area (Å²) >= 11 is 0. The lowest BCUT2D eigenvalue weighted by Gasteiger charge is -2.24. The van der Waals surface area contributed by atoms with E-state index in [1.807, 2.05) is 13.8 Å². The summed E-state index contributed by atoms with van der Waals surface area (Å²) in [6.07, 6.45) is 2.47. The number of benzene rings is 1. The monoisotopic (exact) mass is 498 g/mol. The van der Waals surface area contributed by atoms with Gasteiger partial charge < -0.3 is 10.5 Å². The van der Waals surface area contributed by atoms with Gasteiger partial charge in [-0.1, -0.05) is 26.0 Å². The number of ether oxygens (including phenoxy) is 1. The van der Waals surface area contributed by atoms with E-state index in [0.717, 1.165) is 17.7 Å². The van der Waals surface area contributed by atoms with Crippen LogP contribution in [0, 0.1) is 11.7 Å². The maximum Gasteiger partial charge on any atom is 0.330 e. The number of nitrogens with zero attached hydrogens (tertiary/aromatic N) is 4. The van der Waals surface area contributed by atoms with Gasteiger partial charge in [0.25, 0.3) is 11.5 Å². The molecule has 10 nitrogen and oxygen atoms in total. The lowest BCUT2D eigenvalue weighted by Crippen LogP contribution is -2.42. The van der Waals surface area contributed by atoms with E-state index in [-0.39, 0.29) is 41.9 Å². The SMILES string of the molecule is COCCCN(C(=O)c1nn(-c2ccccc2F)c2c1CCC2)c1c(N)n(CC(C)C)c(=O)[nH]c1=O. The predicted octanol–water partition coefficient (Wildman–Crippen LogP) is 2.27. The Morgan fingerprint density at radius 1 is 1.28 bits per heavy atom. The van der Waals surface area contributed by atoms with Crippen molar-refractivity contribution in [3.05, 3.63) is 67.9 Å². The second-order valence-corrected chi connectivity index (χ2v) is 9.29. The van der Waals surface area contributed by atoms with Crippen LogP contribution in [0.5, 0.6) is 0 Å². The first kappa shape index (κ1) is 25.4. The van der Waals surface area contributed by atoms with Gasteiger partial charge in [-0.15, -0.1) is 0 Å². The van der Waals surface area contributed by atoms with E-state index < -0.39 is 23.0 Å². The number of nitrogens with one attached hydrogen (secondary N) is 1. The smallest absolute Gasteiger partial charge is 0.330 e. The number of para-hydroxylation sites is 1. The number of rotatable bonds is 9. The Kier molecular flexibility index (Phi) is 7.39. The van der Waals surface area contributed by atoms with E-state index >= 15 is 0 Å². The highest BCUT2D eigenvalue weighted by Crippen LogP contribution is 2.30. The van der Waals surface area contributed by atoms with Gasteiger partial charge >= 0.3 is 5.69 Å². The number of aromatic amines is 1. The van der Waals surface area contributed by atoms with Crippen LogP contribution in [-0.2, 0) is 24.1 Å². The maximum absolute atomic E-state index is 14.6. The van der Waals surface area contributed by atoms with Gasteiger partial charge in [0.1, 0.15) is 17.3 Å². The van der Waals surface area contributed by atoms with Crippen molar-refractivity contribution < 1.29 is 13.9 Å². The van der Waals surface area contributed by atoms with E-state index in [2.05, 4.69) is 10.1 Å². The molecule has 1 aromatic carbocycles. The number of halogens is 1. The summed E-state index contributed by atoms with van der Waals surface area (Å²) < 4.78 is 22.5. The van der Waals surface area contributed by atoms with E-state index in [1.165, 1.54) is 20.2 Å². The van der Waals surface area contributed by atoms with Crippen molar-refractivity contribution in [3.63, 3.8) is 0 Å². The molecule has 0 atom stereocenters. The highest BCUT2D eigenvalue weighted by atomic mass is 19.1. The van der Waals surface area contributed by atoms with E-state index in [0.29, 0.717) is 25.9 Å². The molecule has 3 aromatic rings. The van der Waals surface area contributed by atoms with Crippen molar-refractivity contribution in [3.8, 4) is 5.69 Å². The summed E-state index contributed by atoms with van der Waals surface area (Å²) in [7, 11) is 1.54. The van der Waals surface area contributed by atoms with Gasteiger partial charge in [0.2, 0.25) is 0 Å². The normalized spacial score (nSPS) is 12.8. The third-order valence-electron chi connectivity index (χ3n) is 6.22. The first-order chi connectivity index (χ1) is 17.2. The number of nitrogens with two attached hydrogens (primary N) is 1. The van der Waals surface area contributed by atoms with Crippen molar-refractivity contribution in [2.24, 2.45) is 5.92 Å².